The van der Waals surface area contributed by atoms with Gasteiger partial charge in [0, 0.05) is 5.56 Å². The molecule has 0 spiro atoms. The lowest BCUT2D eigenvalue weighted by molar-refractivity contribution is -0.115. The lowest BCUT2D eigenvalue weighted by Gasteiger charge is -2.17. The summed E-state index contributed by atoms with van der Waals surface area (Å²) in [4.78, 5) is 23.2. The molecule has 29 heavy (non-hydrogen) atoms. The van der Waals surface area contributed by atoms with Crippen LogP contribution in [0, 0.1) is 6.92 Å². The summed E-state index contributed by atoms with van der Waals surface area (Å²) in [5, 5.41) is 4.68. The van der Waals surface area contributed by atoms with Crippen molar-refractivity contribution in [3.63, 3.8) is 0 Å². The van der Waals surface area contributed by atoms with Gasteiger partial charge in [0.15, 0.2) is 11.5 Å². The van der Waals surface area contributed by atoms with Crippen LogP contribution < -0.4 is 20.1 Å². The molecule has 3 amide bonds. The van der Waals surface area contributed by atoms with Gasteiger partial charge < -0.3 is 14.8 Å². The van der Waals surface area contributed by atoms with Gasteiger partial charge in [-0.25, -0.2) is 4.79 Å². The van der Waals surface area contributed by atoms with Crippen molar-refractivity contribution in [1.82, 2.24) is 10.6 Å². The summed E-state index contributed by atoms with van der Waals surface area (Å²) < 4.78 is 11.9. The quantitative estimate of drug-likeness (QED) is 0.406. The van der Waals surface area contributed by atoms with Gasteiger partial charge in [-0.15, -0.1) is 6.58 Å². The molecule has 0 aliphatic carbocycles. The molecule has 0 unspecified atom stereocenters. The van der Waals surface area contributed by atoms with Crippen LogP contribution in [0.5, 0.6) is 11.5 Å². The average Bonchev–Trinajstić information content (AvgIpc) is 3.00. The van der Waals surface area contributed by atoms with Crippen molar-refractivity contribution in [2.24, 2.45) is 0 Å². The number of carbonyl (C=O) groups excluding carboxylic acids is 2. The number of hydrogen-bond donors (Lipinski definition) is 2. The third-order valence-corrected chi connectivity index (χ3v) is 4.35. The largest absolute Gasteiger partial charge is 0.490 e. The van der Waals surface area contributed by atoms with Crippen LogP contribution in [0.2, 0.25) is 0 Å². The lowest BCUT2D eigenvalue weighted by atomic mass is 10.0. The number of nitrogens with one attached hydrogen (secondary N) is 2. The predicted octanol–water partition coefficient (Wildman–Crippen LogP) is 3.88. The Labute approximate surface area is 170 Å². The molecule has 1 fully saturated rings. The van der Waals surface area contributed by atoms with Gasteiger partial charge in [-0.2, -0.15) is 0 Å². The van der Waals surface area contributed by atoms with E-state index in [0.29, 0.717) is 31.1 Å². The minimum atomic E-state index is -0.532. The summed E-state index contributed by atoms with van der Waals surface area (Å²) in [6.45, 7) is 8.63. The minimum Gasteiger partial charge on any atom is -0.490 e. The van der Waals surface area contributed by atoms with E-state index in [1.807, 2.05) is 44.2 Å². The number of urea groups is 1. The zero-order chi connectivity index (χ0) is 20.8. The van der Waals surface area contributed by atoms with Crippen LogP contribution in [-0.2, 0) is 17.8 Å². The Morgan fingerprint density at radius 1 is 1.07 bits per heavy atom. The van der Waals surface area contributed by atoms with E-state index >= 15 is 0 Å². The molecule has 1 aliphatic heterocycles. The second kappa shape index (κ2) is 9.10. The first-order valence-electron chi connectivity index (χ1n) is 9.43. The molecule has 2 aromatic rings. The molecule has 0 saturated carbocycles. The molecule has 6 heteroatoms. The van der Waals surface area contributed by atoms with E-state index < -0.39 is 11.9 Å². The maximum absolute atomic E-state index is 11.8. The van der Waals surface area contributed by atoms with E-state index in [2.05, 4.69) is 17.2 Å². The third kappa shape index (κ3) is 5.04. The van der Waals surface area contributed by atoms with Gasteiger partial charge in [-0.05, 0) is 49.6 Å². The van der Waals surface area contributed by atoms with Gasteiger partial charge in [0.2, 0.25) is 0 Å². The Balaban J connectivity index is 1.94. The molecule has 1 heterocycles. The second-order valence-corrected chi connectivity index (χ2v) is 6.67. The van der Waals surface area contributed by atoms with Crippen LogP contribution in [0.1, 0.15) is 29.2 Å². The fraction of sp³-hybridized carbons (Fsp3) is 0.217. The summed E-state index contributed by atoms with van der Waals surface area (Å²) >= 11 is 0. The average molecular weight is 392 g/mol. The number of carbonyl (C=O) groups is 2. The fourth-order valence-electron chi connectivity index (χ4n) is 2.99. The number of amides is 3. The van der Waals surface area contributed by atoms with Crippen molar-refractivity contribution in [2.45, 2.75) is 26.9 Å². The summed E-state index contributed by atoms with van der Waals surface area (Å²) in [6.07, 6.45) is 3.96. The monoisotopic (exact) mass is 392 g/mol. The van der Waals surface area contributed by atoms with Gasteiger partial charge >= 0.3 is 6.03 Å². The van der Waals surface area contributed by atoms with E-state index in [4.69, 9.17) is 9.47 Å². The van der Waals surface area contributed by atoms with E-state index in [9.17, 15) is 9.59 Å². The van der Waals surface area contributed by atoms with Crippen LogP contribution in [0.4, 0.5) is 4.79 Å². The first kappa shape index (κ1) is 20.2. The van der Waals surface area contributed by atoms with E-state index in [-0.39, 0.29) is 5.70 Å². The first-order valence-corrected chi connectivity index (χ1v) is 9.43. The lowest BCUT2D eigenvalue weighted by Crippen LogP contribution is -2.22. The molecular weight excluding hydrogens is 368 g/mol. The topological polar surface area (TPSA) is 76.7 Å². The van der Waals surface area contributed by atoms with Crippen molar-refractivity contribution in [2.75, 3.05) is 6.61 Å². The number of ether oxygens (including phenoxy) is 2. The Kier molecular flexibility index (Phi) is 6.34. The predicted molar refractivity (Wildman–Crippen MR) is 112 cm³/mol. The molecule has 0 radical (unpaired) electrons. The molecule has 1 saturated heterocycles. The molecule has 0 aromatic heterocycles. The highest BCUT2D eigenvalue weighted by molar-refractivity contribution is 6.14. The molecular formula is C23H24N2O4. The first-order chi connectivity index (χ1) is 14.0. The van der Waals surface area contributed by atoms with Crippen LogP contribution >= 0.6 is 0 Å². The molecule has 2 aromatic carbocycles. The summed E-state index contributed by atoms with van der Waals surface area (Å²) in [7, 11) is 0. The SMILES string of the molecule is C=CCc1cc(/C=C2/NC(=O)NC2=O)cc(OCC)c1OCc1ccc(C)cc1. The number of imide groups is 1. The van der Waals surface area contributed by atoms with Gasteiger partial charge in [0.25, 0.3) is 5.91 Å². The van der Waals surface area contributed by atoms with Crippen LogP contribution in [0.25, 0.3) is 6.08 Å². The van der Waals surface area contributed by atoms with Crippen LogP contribution in [0.3, 0.4) is 0 Å². The molecule has 1 aliphatic rings. The Hall–Kier alpha value is -3.54. The van der Waals surface area contributed by atoms with E-state index in [1.165, 1.54) is 5.56 Å². The zero-order valence-electron chi connectivity index (χ0n) is 16.6. The highest BCUT2D eigenvalue weighted by atomic mass is 16.5. The van der Waals surface area contributed by atoms with Crippen molar-refractivity contribution < 1.29 is 19.1 Å². The van der Waals surface area contributed by atoms with Gasteiger partial charge in [0.05, 0.1) is 6.61 Å². The third-order valence-electron chi connectivity index (χ3n) is 4.35. The molecule has 2 N–H and O–H groups in total. The van der Waals surface area contributed by atoms with Gasteiger partial charge in [-0.1, -0.05) is 35.9 Å². The standard InChI is InChI=1S/C23H24N2O4/c1-4-6-18-11-17(12-19-22(26)25-23(27)24-19)13-20(28-5-2)21(18)29-14-16-9-7-15(3)8-10-16/h4,7-13H,1,5-6,14H2,2-3H3,(H2,24,25,26,27)/b19-12+. The zero-order valence-corrected chi connectivity index (χ0v) is 16.6. The van der Waals surface area contributed by atoms with E-state index in [1.54, 1.807) is 18.2 Å². The van der Waals surface area contributed by atoms with Crippen LogP contribution in [0.15, 0.2) is 54.8 Å². The van der Waals surface area contributed by atoms with Crippen molar-refractivity contribution >= 4 is 18.0 Å². The van der Waals surface area contributed by atoms with Crippen molar-refractivity contribution in [3.05, 3.63) is 77.0 Å². The fourth-order valence-corrected chi connectivity index (χ4v) is 2.99. The number of rotatable bonds is 8. The Bertz CT molecular complexity index is 962. The number of aryl methyl sites for hydroxylation is 1. The Morgan fingerprint density at radius 2 is 1.83 bits per heavy atom. The smallest absolute Gasteiger partial charge is 0.326 e. The molecule has 3 rings (SSSR count). The van der Waals surface area contributed by atoms with Crippen molar-refractivity contribution in [1.29, 1.82) is 0 Å². The van der Waals surface area contributed by atoms with Gasteiger partial charge in [0.1, 0.15) is 12.3 Å². The number of hydrogen-bond acceptors (Lipinski definition) is 4. The van der Waals surface area contributed by atoms with Gasteiger partial charge in [-0.3, -0.25) is 10.1 Å². The van der Waals surface area contributed by atoms with Crippen LogP contribution in [-0.4, -0.2) is 18.5 Å². The Morgan fingerprint density at radius 3 is 2.45 bits per heavy atom. The molecule has 6 nitrogen and oxygen atoms in total. The molecule has 150 valence electrons. The maximum Gasteiger partial charge on any atom is 0.326 e. The summed E-state index contributed by atoms with van der Waals surface area (Å²) in [6, 6.07) is 11.3. The molecule has 0 atom stereocenters. The second-order valence-electron chi connectivity index (χ2n) is 6.67. The minimum absolute atomic E-state index is 0.190. The summed E-state index contributed by atoms with van der Waals surface area (Å²) in [5.41, 5.74) is 4.04. The van der Waals surface area contributed by atoms with Crippen molar-refractivity contribution in [3.8, 4) is 11.5 Å². The number of benzene rings is 2. The van der Waals surface area contributed by atoms with E-state index in [0.717, 1.165) is 16.7 Å². The number of allylic oxidation sites excluding steroid dienone is 1. The highest BCUT2D eigenvalue weighted by Crippen LogP contribution is 2.35. The molecule has 0 bridgehead atoms. The highest BCUT2D eigenvalue weighted by Gasteiger charge is 2.23. The maximum atomic E-state index is 11.8. The normalized spacial score (nSPS) is 14.5. The summed E-state index contributed by atoms with van der Waals surface area (Å²) in [5.74, 6) is 0.767.